The van der Waals surface area contributed by atoms with Crippen LogP contribution in [0.5, 0.6) is 0 Å². The van der Waals surface area contributed by atoms with Crippen molar-refractivity contribution in [2.45, 2.75) is 26.4 Å². The van der Waals surface area contributed by atoms with Crippen LogP contribution in [-0.4, -0.2) is 35.9 Å². The van der Waals surface area contributed by atoms with E-state index in [9.17, 15) is 4.79 Å². The summed E-state index contributed by atoms with van der Waals surface area (Å²) in [5, 5.41) is 0. The zero-order valence-corrected chi connectivity index (χ0v) is 14.4. The van der Waals surface area contributed by atoms with Gasteiger partial charge in [0.1, 0.15) is 11.6 Å². The van der Waals surface area contributed by atoms with Crippen LogP contribution in [0.1, 0.15) is 22.8 Å². The number of rotatable bonds is 3. The first-order valence-corrected chi connectivity index (χ1v) is 8.34. The van der Waals surface area contributed by atoms with Crippen molar-refractivity contribution in [1.29, 1.82) is 0 Å². The number of H-pyrrole nitrogens is 1. The summed E-state index contributed by atoms with van der Waals surface area (Å²) in [5.41, 5.74) is 3.57. The van der Waals surface area contributed by atoms with E-state index in [-0.39, 0.29) is 5.56 Å². The van der Waals surface area contributed by atoms with Crippen LogP contribution in [0.15, 0.2) is 35.5 Å². The van der Waals surface area contributed by atoms with E-state index in [0.717, 1.165) is 47.8 Å². The lowest BCUT2D eigenvalue weighted by Gasteiger charge is -2.27. The van der Waals surface area contributed by atoms with Gasteiger partial charge in [-0.25, -0.2) is 9.97 Å². The maximum Gasteiger partial charge on any atom is 0.255 e. The number of nitrogens with zero attached hydrogens (tertiary/aromatic N) is 5. The zero-order valence-electron chi connectivity index (χ0n) is 14.4. The molecule has 0 bridgehead atoms. The van der Waals surface area contributed by atoms with Gasteiger partial charge in [-0.15, -0.1) is 0 Å². The maximum absolute atomic E-state index is 12.6. The molecule has 0 radical (unpaired) electrons. The Bertz CT molecular complexity index is 959. The number of aromatic nitrogens is 5. The van der Waals surface area contributed by atoms with Crippen LogP contribution in [0.3, 0.4) is 0 Å². The summed E-state index contributed by atoms with van der Waals surface area (Å²) in [7, 11) is 2.02. The predicted octanol–water partition coefficient (Wildman–Crippen LogP) is 1.43. The van der Waals surface area contributed by atoms with Crippen molar-refractivity contribution in [2.24, 2.45) is 7.05 Å². The van der Waals surface area contributed by atoms with Crippen LogP contribution in [0.25, 0.3) is 11.4 Å². The molecule has 1 N–H and O–H groups in total. The number of pyridine rings is 1. The standard InChI is InChI=1S/C18H20N6O/c1-12-20-9-14(23(12)2)10-24-7-5-16-15(11-24)18(25)22-17(21-16)13-4-3-6-19-8-13/h3-4,6,8-9H,5,7,10-11H2,1-2H3,(H,21,22,25). The molecule has 0 atom stereocenters. The molecular weight excluding hydrogens is 316 g/mol. The second-order valence-electron chi connectivity index (χ2n) is 6.40. The van der Waals surface area contributed by atoms with Crippen LogP contribution in [0, 0.1) is 6.92 Å². The Balaban J connectivity index is 1.60. The molecule has 4 rings (SSSR count). The van der Waals surface area contributed by atoms with E-state index in [0.29, 0.717) is 12.4 Å². The van der Waals surface area contributed by atoms with Gasteiger partial charge in [0, 0.05) is 57.3 Å². The molecule has 0 fully saturated rings. The Morgan fingerprint density at radius 1 is 1.32 bits per heavy atom. The lowest BCUT2D eigenvalue weighted by molar-refractivity contribution is 0.236. The first-order valence-electron chi connectivity index (χ1n) is 8.34. The number of imidazole rings is 1. The Morgan fingerprint density at radius 2 is 2.20 bits per heavy atom. The highest BCUT2D eigenvalue weighted by atomic mass is 16.1. The fourth-order valence-electron chi connectivity index (χ4n) is 3.18. The molecule has 7 heteroatoms. The molecule has 7 nitrogen and oxygen atoms in total. The van der Waals surface area contributed by atoms with Gasteiger partial charge in [-0.2, -0.15) is 0 Å². The molecule has 1 aliphatic heterocycles. The van der Waals surface area contributed by atoms with Gasteiger partial charge in [0.05, 0.1) is 17.0 Å². The summed E-state index contributed by atoms with van der Waals surface area (Å²) in [5.74, 6) is 1.58. The highest BCUT2D eigenvalue weighted by Crippen LogP contribution is 2.19. The molecule has 0 spiro atoms. The van der Waals surface area contributed by atoms with Gasteiger partial charge in [0.15, 0.2) is 0 Å². The molecule has 0 amide bonds. The van der Waals surface area contributed by atoms with E-state index in [1.54, 1.807) is 12.4 Å². The van der Waals surface area contributed by atoms with Crippen molar-refractivity contribution < 1.29 is 0 Å². The minimum atomic E-state index is -0.0604. The van der Waals surface area contributed by atoms with Crippen LogP contribution >= 0.6 is 0 Å². The molecule has 25 heavy (non-hydrogen) atoms. The molecule has 0 unspecified atom stereocenters. The maximum atomic E-state index is 12.6. The number of hydrogen-bond acceptors (Lipinski definition) is 5. The lowest BCUT2D eigenvalue weighted by atomic mass is 10.1. The van der Waals surface area contributed by atoms with Gasteiger partial charge in [-0.3, -0.25) is 14.7 Å². The summed E-state index contributed by atoms with van der Waals surface area (Å²) >= 11 is 0. The quantitative estimate of drug-likeness (QED) is 0.783. The van der Waals surface area contributed by atoms with Gasteiger partial charge in [0.25, 0.3) is 5.56 Å². The summed E-state index contributed by atoms with van der Waals surface area (Å²) in [6.45, 7) is 4.25. The summed E-state index contributed by atoms with van der Waals surface area (Å²) in [6, 6.07) is 3.74. The average molecular weight is 336 g/mol. The number of aryl methyl sites for hydroxylation is 1. The lowest BCUT2D eigenvalue weighted by Crippen LogP contribution is -2.35. The number of aromatic amines is 1. The molecular formula is C18H20N6O. The van der Waals surface area contributed by atoms with E-state index >= 15 is 0 Å². The smallest absolute Gasteiger partial charge is 0.255 e. The van der Waals surface area contributed by atoms with Gasteiger partial charge < -0.3 is 9.55 Å². The van der Waals surface area contributed by atoms with Crippen molar-refractivity contribution in [3.8, 4) is 11.4 Å². The molecule has 4 heterocycles. The summed E-state index contributed by atoms with van der Waals surface area (Å²) in [4.78, 5) is 30.8. The molecule has 1 aliphatic rings. The van der Waals surface area contributed by atoms with E-state index in [2.05, 4.69) is 29.4 Å². The van der Waals surface area contributed by atoms with E-state index in [1.165, 1.54) is 0 Å². The second kappa shape index (κ2) is 6.25. The van der Waals surface area contributed by atoms with Crippen molar-refractivity contribution in [2.75, 3.05) is 6.54 Å². The molecule has 3 aromatic heterocycles. The van der Waals surface area contributed by atoms with Crippen LogP contribution in [0.4, 0.5) is 0 Å². The second-order valence-corrected chi connectivity index (χ2v) is 6.40. The van der Waals surface area contributed by atoms with Crippen LogP contribution in [0.2, 0.25) is 0 Å². The fourth-order valence-corrected chi connectivity index (χ4v) is 3.18. The Hall–Kier alpha value is -2.80. The van der Waals surface area contributed by atoms with E-state index in [4.69, 9.17) is 0 Å². The summed E-state index contributed by atoms with van der Waals surface area (Å²) in [6.07, 6.45) is 6.09. The van der Waals surface area contributed by atoms with E-state index in [1.807, 2.05) is 32.3 Å². The monoisotopic (exact) mass is 336 g/mol. The SMILES string of the molecule is Cc1ncc(CN2CCc3nc(-c4cccnc4)[nH]c(=O)c3C2)n1C. The number of nitrogens with one attached hydrogen (secondary N) is 1. The number of hydrogen-bond donors (Lipinski definition) is 1. The topological polar surface area (TPSA) is 79.7 Å². The fraction of sp³-hybridized carbons (Fsp3) is 0.333. The summed E-state index contributed by atoms with van der Waals surface area (Å²) < 4.78 is 2.09. The largest absolute Gasteiger partial charge is 0.334 e. The molecule has 0 aliphatic carbocycles. The predicted molar refractivity (Wildman–Crippen MR) is 93.9 cm³/mol. The van der Waals surface area contributed by atoms with E-state index < -0.39 is 0 Å². The van der Waals surface area contributed by atoms with Crippen molar-refractivity contribution in [3.63, 3.8) is 0 Å². The Morgan fingerprint density at radius 3 is 2.92 bits per heavy atom. The first kappa shape index (κ1) is 15.7. The third-order valence-corrected chi connectivity index (χ3v) is 4.78. The first-order chi connectivity index (χ1) is 12.1. The number of fused-ring (bicyclic) bond motifs is 1. The Kier molecular flexibility index (Phi) is 3.93. The molecule has 128 valence electrons. The van der Waals surface area contributed by atoms with Gasteiger partial charge in [-0.1, -0.05) is 0 Å². The molecule has 0 saturated heterocycles. The minimum Gasteiger partial charge on any atom is -0.334 e. The highest BCUT2D eigenvalue weighted by Gasteiger charge is 2.22. The van der Waals surface area contributed by atoms with Gasteiger partial charge in [-0.05, 0) is 19.1 Å². The minimum absolute atomic E-state index is 0.0604. The third kappa shape index (κ3) is 2.98. The third-order valence-electron chi connectivity index (χ3n) is 4.78. The van der Waals surface area contributed by atoms with Crippen molar-refractivity contribution in [3.05, 3.63) is 63.9 Å². The highest BCUT2D eigenvalue weighted by molar-refractivity contribution is 5.53. The normalized spacial score (nSPS) is 14.5. The van der Waals surface area contributed by atoms with Crippen LogP contribution in [-0.2, 0) is 26.6 Å². The average Bonchev–Trinajstić information content (AvgIpc) is 2.95. The zero-order chi connectivity index (χ0) is 17.4. The van der Waals surface area contributed by atoms with Crippen molar-refractivity contribution >= 4 is 0 Å². The van der Waals surface area contributed by atoms with Crippen LogP contribution < -0.4 is 5.56 Å². The molecule has 0 aromatic carbocycles. The Labute approximate surface area is 145 Å². The van der Waals surface area contributed by atoms with Gasteiger partial charge in [0.2, 0.25) is 0 Å². The van der Waals surface area contributed by atoms with Crippen molar-refractivity contribution in [1.82, 2.24) is 29.4 Å². The molecule has 3 aromatic rings. The van der Waals surface area contributed by atoms with Gasteiger partial charge >= 0.3 is 0 Å². The molecule has 0 saturated carbocycles.